The average Bonchev–Trinajstić information content (AvgIpc) is 2.87. The maximum Gasteiger partial charge on any atom is 0.0561 e. The third kappa shape index (κ3) is 2.94. The van der Waals surface area contributed by atoms with Gasteiger partial charge < -0.3 is 0 Å². The molecule has 2 nitrogen and oxygen atoms in total. The fourth-order valence-corrected chi connectivity index (χ4v) is 4.90. The van der Waals surface area contributed by atoms with Crippen LogP contribution in [0.5, 0.6) is 0 Å². The van der Waals surface area contributed by atoms with E-state index < -0.39 is 9.71 Å². The van der Waals surface area contributed by atoms with Gasteiger partial charge in [0.05, 0.1) is 9.71 Å². The van der Waals surface area contributed by atoms with E-state index in [0.29, 0.717) is 6.04 Å². The predicted molar refractivity (Wildman–Crippen MR) is 88.7 cm³/mol. The first-order chi connectivity index (χ1) is 9.26. The fraction of sp³-hybridized carbons (Fsp3) is 0.588. The lowest BCUT2D eigenvalue weighted by Gasteiger charge is -2.28. The molecule has 112 valence electrons. The maximum absolute atomic E-state index is 13.1. The normalized spacial score (nSPS) is 23.7. The van der Waals surface area contributed by atoms with Crippen LogP contribution in [-0.2, 0) is 15.1 Å². The summed E-state index contributed by atoms with van der Waals surface area (Å²) in [7, 11) is -2.33. The molecule has 3 heteroatoms. The smallest absolute Gasteiger partial charge is 0.0561 e. The highest BCUT2D eigenvalue weighted by Crippen LogP contribution is 2.29. The summed E-state index contributed by atoms with van der Waals surface area (Å²) in [6.45, 7) is 9.65. The third-order valence-electron chi connectivity index (χ3n) is 4.26. The molecule has 1 aromatic carbocycles. The largest absolute Gasteiger partial charge is 0.248 e. The number of hydrogen-bond acceptors (Lipinski definition) is 1. The Hall–Kier alpha value is -0.800. The Morgan fingerprint density at radius 1 is 1.30 bits per heavy atom. The summed E-state index contributed by atoms with van der Waals surface area (Å²) in [6, 6.07) is 8.61. The topological polar surface area (TPSA) is 20.3 Å². The van der Waals surface area contributed by atoms with E-state index in [0.717, 1.165) is 30.7 Å². The van der Waals surface area contributed by atoms with Crippen molar-refractivity contribution in [1.29, 1.82) is 0 Å². The van der Waals surface area contributed by atoms with Crippen LogP contribution >= 0.6 is 0 Å². The quantitative estimate of drug-likeness (QED) is 0.775. The summed E-state index contributed by atoms with van der Waals surface area (Å²) in [5.41, 5.74) is 1.39. The van der Waals surface area contributed by atoms with Gasteiger partial charge >= 0.3 is 0 Å². The number of benzene rings is 1. The summed E-state index contributed by atoms with van der Waals surface area (Å²) in [6.07, 6.45) is 3.32. The SMILES string of the molecule is C=S(=O)(c1ccc(C(C)(C)C)cc1)N1CCC[C@@H]1CC. The minimum atomic E-state index is -2.33. The van der Waals surface area contributed by atoms with Crippen molar-refractivity contribution in [2.45, 2.75) is 63.3 Å². The van der Waals surface area contributed by atoms with Gasteiger partial charge in [-0.2, -0.15) is 0 Å². The Morgan fingerprint density at radius 2 is 1.90 bits per heavy atom. The monoisotopic (exact) mass is 293 g/mol. The molecule has 1 saturated heterocycles. The van der Waals surface area contributed by atoms with Crippen LogP contribution in [0.2, 0.25) is 0 Å². The molecule has 0 N–H and O–H groups in total. The molecular weight excluding hydrogens is 266 g/mol. The van der Waals surface area contributed by atoms with Crippen molar-refractivity contribution in [2.24, 2.45) is 0 Å². The maximum atomic E-state index is 13.1. The first kappa shape index (κ1) is 15.6. The van der Waals surface area contributed by atoms with Gasteiger partial charge in [0.15, 0.2) is 0 Å². The molecule has 0 amide bonds. The molecule has 1 heterocycles. The lowest BCUT2D eigenvalue weighted by molar-refractivity contribution is 0.403. The van der Waals surface area contributed by atoms with Gasteiger partial charge in [-0.05, 0) is 48.2 Å². The molecule has 2 atom stereocenters. The molecule has 2 rings (SSSR count). The van der Waals surface area contributed by atoms with Crippen LogP contribution in [0, 0.1) is 0 Å². The van der Waals surface area contributed by atoms with Crippen LogP contribution in [-0.4, -0.2) is 27.0 Å². The molecule has 1 aliphatic heterocycles. The van der Waals surface area contributed by atoms with Crippen molar-refractivity contribution < 1.29 is 4.21 Å². The summed E-state index contributed by atoms with van der Waals surface area (Å²) < 4.78 is 15.3. The standard InChI is InChI=1S/C17H27NOS/c1-6-15-8-7-13-18(15)20(5,19)16-11-9-14(10-12-16)17(2,3)4/h9-12,15H,5-8,13H2,1-4H3/t15-,20?/m0/s1. The molecule has 1 unspecified atom stereocenters. The zero-order valence-corrected chi connectivity index (χ0v) is 14.0. The van der Waals surface area contributed by atoms with Crippen LogP contribution < -0.4 is 0 Å². The molecule has 0 radical (unpaired) electrons. The summed E-state index contributed by atoms with van der Waals surface area (Å²) >= 11 is 0. The van der Waals surface area contributed by atoms with E-state index in [2.05, 4.69) is 50.0 Å². The zero-order chi connectivity index (χ0) is 15.0. The zero-order valence-electron chi connectivity index (χ0n) is 13.2. The predicted octanol–water partition coefficient (Wildman–Crippen LogP) is 3.85. The number of rotatable bonds is 3. The summed E-state index contributed by atoms with van der Waals surface area (Å²) in [4.78, 5) is 0.867. The molecule has 1 aromatic rings. The second-order valence-electron chi connectivity index (χ2n) is 6.76. The second-order valence-corrected chi connectivity index (χ2v) is 8.98. The second kappa shape index (κ2) is 5.53. The molecule has 0 spiro atoms. The van der Waals surface area contributed by atoms with E-state index in [4.69, 9.17) is 0 Å². The molecule has 0 aliphatic carbocycles. The Balaban J connectivity index is 2.31. The van der Waals surface area contributed by atoms with E-state index in [1.807, 2.05) is 12.1 Å². The average molecular weight is 293 g/mol. The number of nitrogens with zero attached hydrogens (tertiary/aromatic N) is 1. The van der Waals surface area contributed by atoms with E-state index in [1.165, 1.54) is 5.56 Å². The van der Waals surface area contributed by atoms with Crippen LogP contribution in [0.25, 0.3) is 0 Å². The van der Waals surface area contributed by atoms with Gasteiger partial charge in [-0.15, -0.1) is 0 Å². The molecule has 0 aromatic heterocycles. The lowest BCUT2D eigenvalue weighted by Crippen LogP contribution is -2.35. The summed E-state index contributed by atoms with van der Waals surface area (Å²) in [5.74, 6) is 4.07. The summed E-state index contributed by atoms with van der Waals surface area (Å²) in [5, 5.41) is 0. The first-order valence-electron chi connectivity index (χ1n) is 7.51. The van der Waals surface area contributed by atoms with E-state index >= 15 is 0 Å². The molecule has 20 heavy (non-hydrogen) atoms. The van der Waals surface area contributed by atoms with Gasteiger partial charge in [0, 0.05) is 17.5 Å². The highest BCUT2D eigenvalue weighted by molar-refractivity contribution is 7.98. The number of hydrogen-bond donors (Lipinski definition) is 0. The van der Waals surface area contributed by atoms with E-state index in [-0.39, 0.29) is 5.41 Å². The van der Waals surface area contributed by atoms with E-state index in [1.54, 1.807) is 0 Å². The Kier molecular flexibility index (Phi) is 4.31. The van der Waals surface area contributed by atoms with Gasteiger partial charge in [0.25, 0.3) is 0 Å². The van der Waals surface area contributed by atoms with Crippen LogP contribution in [0.15, 0.2) is 29.2 Å². The van der Waals surface area contributed by atoms with Gasteiger partial charge in [-0.3, -0.25) is 0 Å². The molecule has 0 saturated carbocycles. The highest BCUT2D eigenvalue weighted by Gasteiger charge is 2.30. The van der Waals surface area contributed by atoms with Crippen molar-refractivity contribution in [1.82, 2.24) is 4.31 Å². The van der Waals surface area contributed by atoms with Gasteiger partial charge in [0.1, 0.15) is 0 Å². The van der Waals surface area contributed by atoms with Gasteiger partial charge in [-0.1, -0.05) is 39.8 Å². The van der Waals surface area contributed by atoms with Crippen molar-refractivity contribution in [3.8, 4) is 0 Å². The van der Waals surface area contributed by atoms with Crippen LogP contribution in [0.3, 0.4) is 0 Å². The fourth-order valence-electron chi connectivity index (χ4n) is 2.91. The van der Waals surface area contributed by atoms with E-state index in [9.17, 15) is 4.21 Å². The Morgan fingerprint density at radius 3 is 2.40 bits per heavy atom. The van der Waals surface area contributed by atoms with Crippen molar-refractivity contribution in [3.63, 3.8) is 0 Å². The minimum absolute atomic E-state index is 0.125. The highest BCUT2D eigenvalue weighted by atomic mass is 32.2. The van der Waals surface area contributed by atoms with Gasteiger partial charge in [-0.25, -0.2) is 8.51 Å². The van der Waals surface area contributed by atoms with Crippen molar-refractivity contribution >= 4 is 15.6 Å². The van der Waals surface area contributed by atoms with Crippen molar-refractivity contribution in [2.75, 3.05) is 6.54 Å². The van der Waals surface area contributed by atoms with Crippen molar-refractivity contribution in [3.05, 3.63) is 29.8 Å². The first-order valence-corrected chi connectivity index (χ1v) is 9.20. The third-order valence-corrected chi connectivity index (χ3v) is 6.51. The van der Waals surface area contributed by atoms with Gasteiger partial charge in [0.2, 0.25) is 0 Å². The Bertz CT molecular complexity index is 552. The minimum Gasteiger partial charge on any atom is -0.248 e. The molecule has 0 bridgehead atoms. The Labute approximate surface area is 124 Å². The van der Waals surface area contributed by atoms with Crippen LogP contribution in [0.4, 0.5) is 0 Å². The van der Waals surface area contributed by atoms with Crippen LogP contribution in [0.1, 0.15) is 52.5 Å². The molecule has 1 aliphatic rings. The lowest BCUT2D eigenvalue weighted by atomic mass is 9.87. The molecular formula is C17H27NOS. The molecule has 1 fully saturated rings.